The van der Waals surface area contributed by atoms with E-state index in [9.17, 15) is 5.11 Å². The Hall–Kier alpha value is 0.456. The van der Waals surface area contributed by atoms with Crippen LogP contribution in [0.3, 0.4) is 0 Å². The molecule has 0 bridgehead atoms. The van der Waals surface area contributed by atoms with Crippen molar-refractivity contribution in [2.45, 2.75) is 13.3 Å². The smallest absolute Gasteiger partial charge is 0.870 e. The normalized spacial score (nSPS) is 8.83. The molecule has 1 rings (SSSR count). The van der Waals surface area contributed by atoms with Gasteiger partial charge in [0.25, 0.3) is 0 Å². The van der Waals surface area contributed by atoms with E-state index in [1.165, 1.54) is 7.11 Å². The maximum absolute atomic E-state index is 11.3. The second-order valence-corrected chi connectivity index (χ2v) is 2.30. The molecule has 0 aromatic heterocycles. The molecular formula is C9H11KO2. The molecule has 12 heavy (non-hydrogen) atoms. The molecule has 0 aliphatic rings. The van der Waals surface area contributed by atoms with Crippen molar-refractivity contribution in [2.24, 2.45) is 0 Å². The van der Waals surface area contributed by atoms with E-state index in [1.807, 2.05) is 19.1 Å². The molecule has 0 aliphatic carbocycles. The Morgan fingerprint density at radius 3 is 2.58 bits per heavy atom. The molecule has 0 radical (unpaired) electrons. The Labute approximate surface area is 115 Å². The monoisotopic (exact) mass is 190 g/mol. The fraction of sp³-hybridized carbons (Fsp3) is 0.333. The third kappa shape index (κ3) is 2.74. The maximum atomic E-state index is 11.3. The summed E-state index contributed by atoms with van der Waals surface area (Å²) in [6, 6.07) is 5.34. The molecular weight excluding hydrogens is 179 g/mol. The van der Waals surface area contributed by atoms with Gasteiger partial charge in [-0.25, -0.2) is 0 Å². The van der Waals surface area contributed by atoms with Crippen LogP contribution in [0.4, 0.5) is 0 Å². The molecule has 0 aliphatic heterocycles. The Morgan fingerprint density at radius 2 is 2.08 bits per heavy atom. The van der Waals surface area contributed by atoms with Gasteiger partial charge in [0.05, 0.1) is 7.11 Å². The van der Waals surface area contributed by atoms with Crippen molar-refractivity contribution in [3.05, 3.63) is 23.8 Å². The van der Waals surface area contributed by atoms with Crippen molar-refractivity contribution in [3.63, 3.8) is 0 Å². The number of hydrogen-bond donors (Lipinski definition) is 0. The van der Waals surface area contributed by atoms with E-state index < -0.39 is 0 Å². The van der Waals surface area contributed by atoms with Crippen molar-refractivity contribution < 1.29 is 61.2 Å². The van der Waals surface area contributed by atoms with Crippen molar-refractivity contribution >= 4 is 0 Å². The minimum absolute atomic E-state index is 0. The van der Waals surface area contributed by atoms with Gasteiger partial charge >= 0.3 is 51.4 Å². The van der Waals surface area contributed by atoms with Crippen molar-refractivity contribution in [1.82, 2.24) is 0 Å². The van der Waals surface area contributed by atoms with Crippen LogP contribution in [-0.2, 0) is 6.42 Å². The van der Waals surface area contributed by atoms with Gasteiger partial charge in [-0.15, -0.1) is 0 Å². The van der Waals surface area contributed by atoms with Crippen LogP contribution in [0.1, 0.15) is 12.5 Å². The number of ether oxygens (including phenoxy) is 1. The molecule has 3 heteroatoms. The number of aryl methyl sites for hydroxylation is 1. The van der Waals surface area contributed by atoms with E-state index in [0.717, 1.165) is 12.0 Å². The standard InChI is InChI=1S/C9H12O2.K/c1-3-7-5-4-6-8(11-2)9(7)10;/h4-6,10H,3H2,1-2H3;/q;+1/p-1. The molecule has 2 nitrogen and oxygen atoms in total. The molecule has 1 aromatic carbocycles. The molecule has 0 heterocycles. The van der Waals surface area contributed by atoms with Crippen LogP contribution < -0.4 is 61.2 Å². The molecule has 0 saturated heterocycles. The minimum atomic E-state index is 0. The Morgan fingerprint density at radius 1 is 1.42 bits per heavy atom. The number of rotatable bonds is 2. The first-order valence-electron chi connectivity index (χ1n) is 3.62. The third-order valence-electron chi connectivity index (χ3n) is 1.66. The van der Waals surface area contributed by atoms with Gasteiger partial charge in [-0.1, -0.05) is 30.4 Å². The summed E-state index contributed by atoms with van der Waals surface area (Å²) in [4.78, 5) is 0. The second-order valence-electron chi connectivity index (χ2n) is 2.30. The Kier molecular flexibility index (Phi) is 6.22. The average Bonchev–Trinajstić information content (AvgIpc) is 2.05. The van der Waals surface area contributed by atoms with E-state index in [-0.39, 0.29) is 57.1 Å². The van der Waals surface area contributed by atoms with Crippen molar-refractivity contribution in [1.29, 1.82) is 0 Å². The molecule has 0 atom stereocenters. The third-order valence-corrected chi connectivity index (χ3v) is 1.66. The van der Waals surface area contributed by atoms with Gasteiger partial charge < -0.3 is 9.84 Å². The predicted octanol–water partition coefficient (Wildman–Crippen LogP) is -1.66. The van der Waals surface area contributed by atoms with E-state index in [0.29, 0.717) is 5.75 Å². The molecule has 0 fully saturated rings. The number of methoxy groups -OCH3 is 1. The summed E-state index contributed by atoms with van der Waals surface area (Å²) in [7, 11) is 1.51. The van der Waals surface area contributed by atoms with Crippen LogP contribution in [0.5, 0.6) is 11.5 Å². The molecule has 0 saturated carbocycles. The van der Waals surface area contributed by atoms with E-state index >= 15 is 0 Å². The zero-order valence-corrected chi connectivity index (χ0v) is 10.9. The Balaban J connectivity index is 0.00000121. The predicted molar refractivity (Wildman–Crippen MR) is 41.8 cm³/mol. The van der Waals surface area contributed by atoms with E-state index in [4.69, 9.17) is 4.74 Å². The van der Waals surface area contributed by atoms with Gasteiger partial charge in [0.15, 0.2) is 0 Å². The second kappa shape index (κ2) is 5.99. The van der Waals surface area contributed by atoms with Crippen molar-refractivity contribution in [2.75, 3.05) is 7.11 Å². The Bertz CT molecular complexity index is 226. The summed E-state index contributed by atoms with van der Waals surface area (Å²) < 4.78 is 4.87. The minimum Gasteiger partial charge on any atom is -0.870 e. The van der Waals surface area contributed by atoms with Crippen LogP contribution in [0.2, 0.25) is 0 Å². The quantitative estimate of drug-likeness (QED) is 0.523. The summed E-state index contributed by atoms with van der Waals surface area (Å²) >= 11 is 0. The zero-order valence-electron chi connectivity index (χ0n) is 7.76. The largest absolute Gasteiger partial charge is 1.00 e. The number of para-hydroxylation sites is 1. The topological polar surface area (TPSA) is 32.3 Å². The van der Waals surface area contributed by atoms with Gasteiger partial charge in [0, 0.05) is 0 Å². The summed E-state index contributed by atoms with van der Waals surface area (Å²) in [5, 5.41) is 11.3. The summed E-state index contributed by atoms with van der Waals surface area (Å²) in [6.45, 7) is 1.95. The summed E-state index contributed by atoms with van der Waals surface area (Å²) in [5.41, 5.74) is 0.810. The fourth-order valence-electron chi connectivity index (χ4n) is 1.00. The summed E-state index contributed by atoms with van der Waals surface area (Å²) in [6.07, 6.45) is 0.760. The maximum Gasteiger partial charge on any atom is 1.00 e. The zero-order chi connectivity index (χ0) is 8.27. The van der Waals surface area contributed by atoms with E-state index in [1.54, 1.807) is 6.07 Å². The van der Waals surface area contributed by atoms with Crippen LogP contribution in [0.25, 0.3) is 0 Å². The van der Waals surface area contributed by atoms with Gasteiger partial charge in [-0.3, -0.25) is 0 Å². The first-order chi connectivity index (χ1) is 5.29. The van der Waals surface area contributed by atoms with Gasteiger partial charge in [0.2, 0.25) is 0 Å². The number of benzene rings is 1. The average molecular weight is 190 g/mol. The first kappa shape index (κ1) is 12.5. The van der Waals surface area contributed by atoms with Crippen LogP contribution in [-0.4, -0.2) is 7.11 Å². The molecule has 1 aromatic rings. The molecule has 0 N–H and O–H groups in total. The fourth-order valence-corrected chi connectivity index (χ4v) is 1.00. The molecule has 0 amide bonds. The SMILES string of the molecule is CCc1cccc(OC)c1[O-].[K+]. The van der Waals surface area contributed by atoms with E-state index in [2.05, 4.69) is 0 Å². The molecule has 0 spiro atoms. The van der Waals surface area contributed by atoms with Gasteiger partial charge in [0.1, 0.15) is 5.75 Å². The van der Waals surface area contributed by atoms with Gasteiger partial charge in [-0.05, 0) is 12.5 Å². The molecule has 0 unspecified atom stereocenters. The van der Waals surface area contributed by atoms with Crippen LogP contribution >= 0.6 is 0 Å². The first-order valence-corrected chi connectivity index (χ1v) is 3.62. The van der Waals surface area contributed by atoms with Crippen molar-refractivity contribution in [3.8, 4) is 11.5 Å². The summed E-state index contributed by atoms with van der Waals surface area (Å²) in [5.74, 6) is 0.446. The van der Waals surface area contributed by atoms with Crippen LogP contribution in [0.15, 0.2) is 18.2 Å². The number of hydrogen-bond acceptors (Lipinski definition) is 2. The molecule has 60 valence electrons. The van der Waals surface area contributed by atoms with Gasteiger partial charge in [-0.2, -0.15) is 0 Å². The van der Waals surface area contributed by atoms with Crippen LogP contribution in [0, 0.1) is 0 Å².